The maximum Gasteiger partial charge on any atom is 0.425 e. The third kappa shape index (κ3) is 4.84. The number of nitrogens with one attached hydrogen (secondary N) is 1. The number of nitrogens with zero attached hydrogens (tertiary/aromatic N) is 6. The lowest BCUT2D eigenvalue weighted by molar-refractivity contribution is 0.0169. The summed E-state index contributed by atoms with van der Waals surface area (Å²) in [6.45, 7) is 2.92. The summed E-state index contributed by atoms with van der Waals surface area (Å²) in [4.78, 5) is 40.4. The number of benzene rings is 1. The average Bonchev–Trinajstić information content (AvgIpc) is 3.71. The number of fused-ring (bicyclic) bond motifs is 3. The Kier molecular flexibility index (Phi) is 6.79. The van der Waals surface area contributed by atoms with E-state index in [1.165, 1.54) is 68.0 Å². The van der Waals surface area contributed by atoms with Gasteiger partial charge in [-0.1, -0.05) is 36.3 Å². The molecule has 244 valence electrons. The first kappa shape index (κ1) is 29.3. The maximum atomic E-state index is 13.3. The van der Waals surface area contributed by atoms with Crippen molar-refractivity contribution >= 4 is 49.7 Å². The van der Waals surface area contributed by atoms with Crippen molar-refractivity contribution in [2.75, 3.05) is 12.4 Å². The van der Waals surface area contributed by atoms with E-state index >= 15 is 0 Å². The summed E-state index contributed by atoms with van der Waals surface area (Å²) in [5.41, 5.74) is 4.30. The van der Waals surface area contributed by atoms with Crippen LogP contribution < -0.4 is 11.1 Å². The Morgan fingerprint density at radius 2 is 1.81 bits per heavy atom. The number of para-hydroxylation sites is 1. The highest BCUT2D eigenvalue weighted by Crippen LogP contribution is 2.58. The van der Waals surface area contributed by atoms with Crippen molar-refractivity contribution in [2.45, 2.75) is 58.4 Å². The number of hydrogen-bond donors (Lipinski definition) is 1. The zero-order valence-electron chi connectivity index (χ0n) is 26.8. The topological polar surface area (TPSA) is 130 Å². The van der Waals surface area contributed by atoms with Crippen molar-refractivity contribution in [3.63, 3.8) is 0 Å². The minimum absolute atomic E-state index is 0.0609. The lowest BCUT2D eigenvalue weighted by atomic mass is 9.58. The number of oxazole rings is 1. The molecular weight excluding hydrogens is 627 g/mol. The van der Waals surface area contributed by atoms with E-state index < -0.39 is 11.7 Å². The molecule has 0 aliphatic heterocycles. The fourth-order valence-electron chi connectivity index (χ4n) is 9.07. The Morgan fingerprint density at radius 1 is 1.02 bits per heavy atom. The molecule has 11 nitrogen and oxygen atoms in total. The maximum absolute atomic E-state index is 13.3. The van der Waals surface area contributed by atoms with Crippen LogP contribution in [0.1, 0.15) is 61.0 Å². The third-order valence-corrected chi connectivity index (χ3v) is 11.8. The molecule has 4 bridgehead atoms. The van der Waals surface area contributed by atoms with Crippen LogP contribution >= 0.6 is 11.3 Å². The van der Waals surface area contributed by atoms with Crippen LogP contribution in [0, 0.1) is 30.1 Å². The van der Waals surface area contributed by atoms with Crippen molar-refractivity contribution in [2.24, 2.45) is 23.2 Å². The van der Waals surface area contributed by atoms with Gasteiger partial charge >= 0.3 is 11.7 Å². The van der Waals surface area contributed by atoms with Crippen molar-refractivity contribution in [3.8, 4) is 16.8 Å². The number of methoxy groups -OCH3 is 1. The van der Waals surface area contributed by atoms with Gasteiger partial charge in [0.1, 0.15) is 11.4 Å². The van der Waals surface area contributed by atoms with Gasteiger partial charge in [-0.15, -0.1) is 0 Å². The SMILES string of the molecule is COC(=O)c1c(-c2cnn(CC34CC5CCC(CC(C5)C3)C4)c2C)cnc2c1oc(=O)n2-c1ccc(Nc2nc3ccccc3s2)nc1. The zero-order valence-corrected chi connectivity index (χ0v) is 27.6. The molecule has 4 saturated carbocycles. The number of hydrogen-bond acceptors (Lipinski definition) is 10. The van der Waals surface area contributed by atoms with Crippen LogP contribution in [0.15, 0.2) is 64.2 Å². The second-order valence-electron chi connectivity index (χ2n) is 14.0. The normalized spacial score (nSPS) is 23.2. The van der Waals surface area contributed by atoms with Gasteiger partial charge in [-0.05, 0) is 86.5 Å². The van der Waals surface area contributed by atoms with Crippen molar-refractivity contribution in [3.05, 3.63) is 76.8 Å². The minimum atomic E-state index is -0.682. The number of rotatable bonds is 7. The molecule has 2 atom stereocenters. The molecule has 0 amide bonds. The monoisotopic (exact) mass is 661 g/mol. The first-order valence-corrected chi connectivity index (χ1v) is 17.4. The van der Waals surface area contributed by atoms with Crippen LogP contribution in [0.3, 0.4) is 0 Å². The Morgan fingerprint density at radius 3 is 2.56 bits per heavy atom. The second-order valence-corrected chi connectivity index (χ2v) is 15.0. The van der Waals surface area contributed by atoms with Crippen LogP contribution in [-0.4, -0.2) is 42.4 Å². The van der Waals surface area contributed by atoms with Crippen LogP contribution in [0.5, 0.6) is 0 Å². The van der Waals surface area contributed by atoms with Crippen LogP contribution in [0.4, 0.5) is 10.9 Å². The van der Waals surface area contributed by atoms with Gasteiger partial charge in [-0.2, -0.15) is 5.10 Å². The summed E-state index contributed by atoms with van der Waals surface area (Å²) in [6.07, 6.45) is 14.3. The highest BCUT2D eigenvalue weighted by Gasteiger charge is 2.48. The van der Waals surface area contributed by atoms with Gasteiger partial charge in [0.05, 0.1) is 35.4 Å². The van der Waals surface area contributed by atoms with E-state index in [1.807, 2.05) is 31.2 Å². The molecule has 5 heterocycles. The third-order valence-electron chi connectivity index (χ3n) is 10.9. The van der Waals surface area contributed by atoms with Gasteiger partial charge in [-0.25, -0.2) is 29.1 Å². The molecule has 48 heavy (non-hydrogen) atoms. The quantitative estimate of drug-likeness (QED) is 0.175. The number of carbonyl (C=O) groups is 1. The van der Waals surface area contributed by atoms with E-state index in [4.69, 9.17) is 14.3 Å². The first-order valence-electron chi connectivity index (χ1n) is 16.6. The standard InChI is InChI=1S/C36H35N7O4S/c1-20-25(18-39-42(20)19-36-13-21-7-8-22(14-36)12-23(11-21)15-36)26-17-38-32-31(30(26)33(44)46-2)47-35(45)43(32)24-9-10-29(37-16-24)41-34-40-27-5-3-4-6-28(27)48-34/h3-6,9-10,16-18,21-23H,7-8,11-15,19H2,1-2H3,(H,37,40,41). The summed E-state index contributed by atoms with van der Waals surface area (Å²) >= 11 is 1.53. The second kappa shape index (κ2) is 11.1. The van der Waals surface area contributed by atoms with Crippen molar-refractivity contribution < 1.29 is 13.9 Å². The number of carbonyl (C=O) groups excluding carboxylic acids is 1. The smallest absolute Gasteiger partial charge is 0.425 e. The molecule has 4 aliphatic rings. The summed E-state index contributed by atoms with van der Waals surface area (Å²) in [6, 6.07) is 11.4. The molecule has 0 saturated heterocycles. The molecule has 0 spiro atoms. The van der Waals surface area contributed by atoms with Crippen molar-refractivity contribution in [1.82, 2.24) is 29.3 Å². The number of anilines is 2. The largest absolute Gasteiger partial charge is 0.465 e. The summed E-state index contributed by atoms with van der Waals surface area (Å²) in [5.74, 6) is 1.77. The summed E-state index contributed by atoms with van der Waals surface area (Å²) < 4.78 is 15.5. The van der Waals surface area contributed by atoms with Gasteiger partial charge < -0.3 is 14.5 Å². The Balaban J connectivity index is 1.05. The number of aromatic nitrogens is 6. The first-order chi connectivity index (χ1) is 23.4. The van der Waals surface area contributed by atoms with E-state index in [-0.39, 0.29) is 22.2 Å². The Hall–Kier alpha value is -4.84. The van der Waals surface area contributed by atoms with E-state index in [9.17, 15) is 9.59 Å². The lowest BCUT2D eigenvalue weighted by Gasteiger charge is -2.48. The predicted molar refractivity (Wildman–Crippen MR) is 183 cm³/mol. The molecular formula is C36H35N7O4S. The molecule has 10 rings (SSSR count). The Labute approximate surface area is 280 Å². The van der Waals surface area contributed by atoms with Crippen LogP contribution in [0.25, 0.3) is 38.3 Å². The van der Waals surface area contributed by atoms with Gasteiger partial charge in [0.2, 0.25) is 0 Å². The highest BCUT2D eigenvalue weighted by molar-refractivity contribution is 7.22. The molecule has 1 N–H and O–H groups in total. The van der Waals surface area contributed by atoms with E-state index in [1.54, 1.807) is 30.7 Å². The number of esters is 1. The number of ether oxygens (including phenoxy) is 1. The predicted octanol–water partition coefficient (Wildman–Crippen LogP) is 7.29. The number of thiazole rings is 1. The van der Waals surface area contributed by atoms with Gasteiger partial charge in [-0.3, -0.25) is 4.68 Å². The molecule has 4 aliphatic carbocycles. The molecule has 4 fully saturated rings. The average molecular weight is 662 g/mol. The molecule has 6 aromatic rings. The molecule has 0 radical (unpaired) electrons. The zero-order chi connectivity index (χ0) is 32.6. The highest BCUT2D eigenvalue weighted by atomic mass is 32.1. The molecule has 5 aromatic heterocycles. The van der Waals surface area contributed by atoms with Crippen LogP contribution in [-0.2, 0) is 11.3 Å². The minimum Gasteiger partial charge on any atom is -0.465 e. The van der Waals surface area contributed by atoms with E-state index in [0.29, 0.717) is 22.2 Å². The molecule has 1 aromatic carbocycles. The van der Waals surface area contributed by atoms with Gasteiger partial charge in [0, 0.05) is 29.6 Å². The molecule has 2 unspecified atom stereocenters. The fraction of sp³-hybridized carbons (Fsp3) is 0.389. The van der Waals surface area contributed by atoms with E-state index in [2.05, 4.69) is 25.0 Å². The van der Waals surface area contributed by atoms with Gasteiger partial charge in [0.25, 0.3) is 0 Å². The fourth-order valence-corrected chi connectivity index (χ4v) is 9.95. The summed E-state index contributed by atoms with van der Waals surface area (Å²) in [7, 11) is 1.32. The molecule has 12 heteroatoms. The number of pyridine rings is 2. The van der Waals surface area contributed by atoms with Gasteiger partial charge in [0.15, 0.2) is 16.4 Å². The van der Waals surface area contributed by atoms with Crippen LogP contribution in [0.2, 0.25) is 0 Å². The lowest BCUT2D eigenvalue weighted by Crippen LogP contribution is -2.40. The Bertz CT molecular complexity index is 2220. The van der Waals surface area contributed by atoms with Crippen molar-refractivity contribution in [1.29, 1.82) is 0 Å². The summed E-state index contributed by atoms with van der Waals surface area (Å²) in [5, 5.41) is 8.79. The van der Waals surface area contributed by atoms with E-state index in [0.717, 1.165) is 45.8 Å².